The third-order valence-corrected chi connectivity index (χ3v) is 3.87. The Morgan fingerprint density at radius 3 is 2.71 bits per heavy atom. The molecular weight excluding hydrogens is 277 g/mol. The van der Waals surface area contributed by atoms with Gasteiger partial charge in [-0.05, 0) is 30.7 Å². The van der Waals surface area contributed by atoms with Crippen molar-refractivity contribution in [1.29, 1.82) is 0 Å². The molecule has 7 heteroatoms. The molecular formula is C14H18FN3O3. The second kappa shape index (κ2) is 5.31. The summed E-state index contributed by atoms with van der Waals surface area (Å²) in [5.74, 6) is -1.43. The van der Waals surface area contributed by atoms with Crippen LogP contribution in [-0.4, -0.2) is 16.9 Å². The molecule has 1 aliphatic rings. The number of halogens is 1. The zero-order valence-electron chi connectivity index (χ0n) is 12.0. The monoisotopic (exact) mass is 295 g/mol. The zero-order chi connectivity index (χ0) is 15.8. The number of carbonyl (C=O) groups excluding carboxylic acids is 1. The van der Waals surface area contributed by atoms with Gasteiger partial charge in [0.1, 0.15) is 11.5 Å². The van der Waals surface area contributed by atoms with Gasteiger partial charge in [0.25, 0.3) is 11.6 Å². The molecule has 3 N–H and O–H groups in total. The number of nitrogens with one attached hydrogen (secondary N) is 1. The Hall–Kier alpha value is -2.18. The van der Waals surface area contributed by atoms with Crippen molar-refractivity contribution in [3.63, 3.8) is 0 Å². The second-order valence-electron chi connectivity index (χ2n) is 6.22. The normalized spacial score (nSPS) is 20.2. The van der Waals surface area contributed by atoms with Crippen LogP contribution in [0.1, 0.15) is 43.5 Å². The third kappa shape index (κ3) is 3.29. The standard InChI is InChI=1S/C14H18FN3O3/c1-14(2)4-3-9(7-14)17-13(19)10-5-8(15)6-11(12(10)16)18(20)21/h5-6,9H,3-4,7,16H2,1-2H3,(H,17,19). The van der Waals surface area contributed by atoms with E-state index in [1.807, 2.05) is 0 Å². The lowest BCUT2D eigenvalue weighted by Crippen LogP contribution is -2.34. The Kier molecular flexibility index (Phi) is 3.85. The van der Waals surface area contributed by atoms with Crippen molar-refractivity contribution < 1.29 is 14.1 Å². The van der Waals surface area contributed by atoms with Crippen molar-refractivity contribution in [2.24, 2.45) is 5.41 Å². The highest BCUT2D eigenvalue weighted by Gasteiger charge is 2.32. The van der Waals surface area contributed by atoms with E-state index in [0.717, 1.165) is 25.3 Å². The molecule has 1 aromatic rings. The molecule has 1 saturated carbocycles. The van der Waals surface area contributed by atoms with Gasteiger partial charge in [0.15, 0.2) is 0 Å². The summed E-state index contributed by atoms with van der Waals surface area (Å²) < 4.78 is 13.4. The highest BCUT2D eigenvalue weighted by molar-refractivity contribution is 6.01. The van der Waals surface area contributed by atoms with E-state index >= 15 is 0 Å². The molecule has 6 nitrogen and oxygen atoms in total. The molecule has 1 fully saturated rings. The number of nitro benzene ring substituents is 1. The zero-order valence-corrected chi connectivity index (χ0v) is 12.0. The molecule has 0 radical (unpaired) electrons. The number of anilines is 1. The lowest BCUT2D eigenvalue weighted by Gasteiger charge is -2.18. The van der Waals surface area contributed by atoms with E-state index in [2.05, 4.69) is 19.2 Å². The van der Waals surface area contributed by atoms with Gasteiger partial charge in [-0.2, -0.15) is 0 Å². The van der Waals surface area contributed by atoms with Gasteiger partial charge >= 0.3 is 0 Å². The first-order chi connectivity index (χ1) is 9.69. The number of benzene rings is 1. The van der Waals surface area contributed by atoms with E-state index in [0.29, 0.717) is 6.07 Å². The molecule has 0 aliphatic heterocycles. The van der Waals surface area contributed by atoms with Crippen LogP contribution in [0.2, 0.25) is 0 Å². The fourth-order valence-electron chi connectivity index (χ4n) is 2.77. The number of nitrogens with two attached hydrogens (primary N) is 1. The van der Waals surface area contributed by atoms with Crippen molar-refractivity contribution in [3.05, 3.63) is 33.6 Å². The molecule has 1 aliphatic carbocycles. The number of carbonyl (C=O) groups is 1. The van der Waals surface area contributed by atoms with Crippen molar-refractivity contribution in [3.8, 4) is 0 Å². The van der Waals surface area contributed by atoms with Crippen molar-refractivity contribution in [2.45, 2.75) is 39.2 Å². The highest BCUT2D eigenvalue weighted by atomic mass is 19.1. The van der Waals surface area contributed by atoms with Gasteiger partial charge in [-0.3, -0.25) is 14.9 Å². The fraction of sp³-hybridized carbons (Fsp3) is 0.500. The smallest absolute Gasteiger partial charge is 0.295 e. The molecule has 2 rings (SSSR count). The summed E-state index contributed by atoms with van der Waals surface area (Å²) in [5, 5.41) is 13.6. The minimum atomic E-state index is -0.854. The van der Waals surface area contributed by atoms with Crippen LogP contribution in [0.4, 0.5) is 15.8 Å². The van der Waals surface area contributed by atoms with Crippen LogP contribution in [0, 0.1) is 21.3 Å². The first-order valence-corrected chi connectivity index (χ1v) is 6.74. The Morgan fingerprint density at radius 1 is 1.52 bits per heavy atom. The Balaban J connectivity index is 2.22. The maximum atomic E-state index is 13.4. The molecule has 21 heavy (non-hydrogen) atoms. The van der Waals surface area contributed by atoms with Gasteiger partial charge in [-0.1, -0.05) is 13.8 Å². The van der Waals surface area contributed by atoms with E-state index < -0.39 is 22.3 Å². The van der Waals surface area contributed by atoms with Crippen LogP contribution in [0.15, 0.2) is 12.1 Å². The van der Waals surface area contributed by atoms with Gasteiger partial charge in [0.05, 0.1) is 16.6 Å². The number of nitrogen functional groups attached to an aromatic ring is 1. The number of hydrogen-bond acceptors (Lipinski definition) is 4. The summed E-state index contributed by atoms with van der Waals surface area (Å²) in [6.45, 7) is 4.22. The summed E-state index contributed by atoms with van der Waals surface area (Å²) in [6.07, 6.45) is 2.63. The average molecular weight is 295 g/mol. The van der Waals surface area contributed by atoms with E-state index in [4.69, 9.17) is 5.73 Å². The minimum absolute atomic E-state index is 0.0192. The molecule has 0 heterocycles. The number of nitrogens with zero attached hydrogens (tertiary/aromatic N) is 1. The van der Waals surface area contributed by atoms with E-state index in [1.165, 1.54) is 0 Å². The molecule has 1 amide bonds. The first-order valence-electron chi connectivity index (χ1n) is 6.74. The molecule has 114 valence electrons. The van der Waals surface area contributed by atoms with Crippen LogP contribution in [-0.2, 0) is 0 Å². The van der Waals surface area contributed by atoms with Gasteiger partial charge in [0.2, 0.25) is 0 Å². The van der Waals surface area contributed by atoms with E-state index in [-0.39, 0.29) is 22.7 Å². The van der Waals surface area contributed by atoms with Crippen molar-refractivity contribution in [1.82, 2.24) is 5.32 Å². The Labute approximate surface area is 121 Å². The number of amides is 1. The summed E-state index contributed by atoms with van der Waals surface area (Å²) in [5.41, 5.74) is 4.67. The predicted molar refractivity (Wildman–Crippen MR) is 76.4 cm³/mol. The van der Waals surface area contributed by atoms with Gasteiger partial charge < -0.3 is 11.1 Å². The maximum Gasteiger partial charge on any atom is 0.295 e. The van der Waals surface area contributed by atoms with Crippen LogP contribution >= 0.6 is 0 Å². The molecule has 0 bridgehead atoms. The summed E-state index contributed by atoms with van der Waals surface area (Å²) in [6, 6.07) is 1.62. The minimum Gasteiger partial charge on any atom is -0.393 e. The quantitative estimate of drug-likeness (QED) is 0.508. The van der Waals surface area contributed by atoms with Crippen molar-refractivity contribution >= 4 is 17.3 Å². The molecule has 0 spiro atoms. The summed E-state index contributed by atoms with van der Waals surface area (Å²) in [4.78, 5) is 22.2. The molecule has 1 unspecified atom stereocenters. The molecule has 1 atom stereocenters. The van der Waals surface area contributed by atoms with Crippen LogP contribution in [0.3, 0.4) is 0 Å². The van der Waals surface area contributed by atoms with Gasteiger partial charge in [0, 0.05) is 6.04 Å². The number of nitro groups is 1. The first kappa shape index (κ1) is 15.2. The lowest BCUT2D eigenvalue weighted by molar-refractivity contribution is -0.384. The highest BCUT2D eigenvalue weighted by Crippen LogP contribution is 2.37. The van der Waals surface area contributed by atoms with Gasteiger partial charge in [-0.25, -0.2) is 4.39 Å². The number of rotatable bonds is 3. The van der Waals surface area contributed by atoms with Crippen molar-refractivity contribution in [2.75, 3.05) is 5.73 Å². The number of hydrogen-bond donors (Lipinski definition) is 2. The fourth-order valence-corrected chi connectivity index (χ4v) is 2.77. The van der Waals surface area contributed by atoms with E-state index in [1.54, 1.807) is 0 Å². The molecule has 1 aromatic carbocycles. The largest absolute Gasteiger partial charge is 0.393 e. The van der Waals surface area contributed by atoms with Crippen LogP contribution in [0.5, 0.6) is 0 Å². The maximum absolute atomic E-state index is 13.4. The third-order valence-electron chi connectivity index (χ3n) is 3.87. The second-order valence-corrected chi connectivity index (χ2v) is 6.22. The molecule has 0 saturated heterocycles. The van der Waals surface area contributed by atoms with Crippen LogP contribution in [0.25, 0.3) is 0 Å². The topological polar surface area (TPSA) is 98.3 Å². The van der Waals surface area contributed by atoms with Crippen LogP contribution < -0.4 is 11.1 Å². The lowest BCUT2D eigenvalue weighted by atomic mass is 9.92. The van der Waals surface area contributed by atoms with E-state index in [9.17, 15) is 19.3 Å². The predicted octanol–water partition coefficient (Wildman–Crippen LogP) is 2.62. The SMILES string of the molecule is CC1(C)CCC(NC(=O)c2cc(F)cc([N+](=O)[O-])c2N)C1. The average Bonchev–Trinajstić information content (AvgIpc) is 2.70. The Morgan fingerprint density at radius 2 is 2.19 bits per heavy atom. The molecule has 0 aromatic heterocycles. The summed E-state index contributed by atoms with van der Waals surface area (Å²) >= 11 is 0. The summed E-state index contributed by atoms with van der Waals surface area (Å²) in [7, 11) is 0. The Bertz CT molecular complexity index is 601. The van der Waals surface area contributed by atoms with Gasteiger partial charge in [-0.15, -0.1) is 0 Å².